The minimum Gasteiger partial charge on any atom is -0.448 e. The summed E-state index contributed by atoms with van der Waals surface area (Å²) in [6, 6.07) is 10.2. The number of hydrogen-bond donors (Lipinski definition) is 2. The van der Waals surface area contributed by atoms with Gasteiger partial charge in [-0.3, -0.25) is 0 Å². The first kappa shape index (κ1) is 15.5. The van der Waals surface area contributed by atoms with E-state index < -0.39 is 0 Å². The van der Waals surface area contributed by atoms with Gasteiger partial charge in [-0.05, 0) is 17.9 Å². The molecule has 0 saturated carbocycles. The van der Waals surface area contributed by atoms with Gasteiger partial charge in [0.2, 0.25) is 0 Å². The van der Waals surface area contributed by atoms with E-state index in [2.05, 4.69) is 31.3 Å². The quantitative estimate of drug-likeness (QED) is 0.794. The molecule has 4 heteroatoms. The molecule has 1 aromatic rings. The van der Waals surface area contributed by atoms with Crippen molar-refractivity contribution in [2.75, 3.05) is 13.2 Å². The van der Waals surface area contributed by atoms with Gasteiger partial charge in [-0.25, -0.2) is 4.79 Å². The van der Waals surface area contributed by atoms with E-state index in [4.69, 9.17) is 10.5 Å². The summed E-state index contributed by atoms with van der Waals surface area (Å²) in [5, 5.41) is 2.93. The molecule has 0 aliphatic carbocycles. The Bertz CT molecular complexity index is 368. The van der Waals surface area contributed by atoms with Crippen LogP contribution >= 0.6 is 0 Å². The van der Waals surface area contributed by atoms with E-state index in [-0.39, 0.29) is 18.7 Å². The van der Waals surface area contributed by atoms with Crippen LogP contribution in [0, 0.1) is 5.92 Å². The summed E-state index contributed by atoms with van der Waals surface area (Å²) in [4.78, 5) is 11.6. The first-order valence-corrected chi connectivity index (χ1v) is 6.84. The van der Waals surface area contributed by atoms with Crippen molar-refractivity contribution >= 4 is 6.09 Å². The molecule has 2 unspecified atom stereocenters. The van der Waals surface area contributed by atoms with Crippen LogP contribution in [0.5, 0.6) is 0 Å². The van der Waals surface area contributed by atoms with Gasteiger partial charge in [-0.15, -0.1) is 0 Å². The SMILES string of the molecule is CCC(C)C(Cc1ccccc1)NC(=O)OCCN. The number of benzene rings is 1. The summed E-state index contributed by atoms with van der Waals surface area (Å²) in [5.41, 5.74) is 6.53. The Hall–Kier alpha value is -1.55. The zero-order valence-corrected chi connectivity index (χ0v) is 11.8. The van der Waals surface area contributed by atoms with Crippen molar-refractivity contribution in [3.05, 3.63) is 35.9 Å². The minimum atomic E-state index is -0.383. The molecule has 1 amide bonds. The third-order valence-corrected chi connectivity index (χ3v) is 3.28. The number of carbonyl (C=O) groups is 1. The van der Waals surface area contributed by atoms with Crippen molar-refractivity contribution < 1.29 is 9.53 Å². The molecule has 2 atom stereocenters. The lowest BCUT2D eigenvalue weighted by molar-refractivity contribution is 0.141. The maximum atomic E-state index is 11.6. The van der Waals surface area contributed by atoms with Gasteiger partial charge in [-0.1, -0.05) is 50.6 Å². The smallest absolute Gasteiger partial charge is 0.407 e. The van der Waals surface area contributed by atoms with E-state index in [0.29, 0.717) is 12.5 Å². The molecule has 0 aliphatic heterocycles. The number of amides is 1. The molecule has 4 nitrogen and oxygen atoms in total. The van der Waals surface area contributed by atoms with Gasteiger partial charge in [0.25, 0.3) is 0 Å². The third kappa shape index (κ3) is 5.75. The lowest BCUT2D eigenvalue weighted by atomic mass is 9.93. The van der Waals surface area contributed by atoms with Crippen LogP contribution in [-0.2, 0) is 11.2 Å². The zero-order chi connectivity index (χ0) is 14.1. The van der Waals surface area contributed by atoms with Crippen molar-refractivity contribution in [1.82, 2.24) is 5.32 Å². The summed E-state index contributed by atoms with van der Waals surface area (Å²) in [6.45, 7) is 4.86. The highest BCUT2D eigenvalue weighted by Crippen LogP contribution is 2.13. The normalized spacial score (nSPS) is 13.6. The highest BCUT2D eigenvalue weighted by atomic mass is 16.5. The second-order valence-corrected chi connectivity index (χ2v) is 4.75. The van der Waals surface area contributed by atoms with Crippen LogP contribution in [-0.4, -0.2) is 25.3 Å². The Morgan fingerprint density at radius 3 is 2.63 bits per heavy atom. The number of hydrogen-bond acceptors (Lipinski definition) is 3. The fourth-order valence-electron chi connectivity index (χ4n) is 1.89. The average Bonchev–Trinajstić information content (AvgIpc) is 2.44. The number of alkyl carbamates (subject to hydrolysis) is 1. The van der Waals surface area contributed by atoms with Gasteiger partial charge in [0.15, 0.2) is 0 Å². The average molecular weight is 264 g/mol. The number of nitrogens with one attached hydrogen (secondary N) is 1. The summed E-state index contributed by atoms with van der Waals surface area (Å²) < 4.78 is 4.98. The molecule has 1 rings (SSSR count). The Labute approximate surface area is 115 Å². The topological polar surface area (TPSA) is 64.3 Å². The van der Waals surface area contributed by atoms with E-state index in [1.165, 1.54) is 5.56 Å². The van der Waals surface area contributed by atoms with Crippen LogP contribution < -0.4 is 11.1 Å². The standard InChI is InChI=1S/C15H24N2O2/c1-3-12(2)14(17-15(18)19-10-9-16)11-13-7-5-4-6-8-13/h4-8,12,14H,3,9-11,16H2,1-2H3,(H,17,18). The van der Waals surface area contributed by atoms with Crippen molar-refractivity contribution in [3.63, 3.8) is 0 Å². The number of nitrogens with two attached hydrogens (primary N) is 1. The third-order valence-electron chi connectivity index (χ3n) is 3.28. The maximum absolute atomic E-state index is 11.6. The molecule has 0 fully saturated rings. The minimum absolute atomic E-state index is 0.0812. The van der Waals surface area contributed by atoms with Crippen LogP contribution in [0.15, 0.2) is 30.3 Å². The van der Waals surface area contributed by atoms with Gasteiger partial charge < -0.3 is 15.8 Å². The van der Waals surface area contributed by atoms with Gasteiger partial charge in [0.1, 0.15) is 6.61 Å². The molecule has 0 bridgehead atoms. The molecular weight excluding hydrogens is 240 g/mol. The van der Waals surface area contributed by atoms with Crippen LogP contribution in [0.1, 0.15) is 25.8 Å². The maximum Gasteiger partial charge on any atom is 0.407 e. The van der Waals surface area contributed by atoms with Crippen LogP contribution in [0.4, 0.5) is 4.79 Å². The largest absolute Gasteiger partial charge is 0.448 e. The monoisotopic (exact) mass is 264 g/mol. The van der Waals surface area contributed by atoms with Gasteiger partial charge >= 0.3 is 6.09 Å². The van der Waals surface area contributed by atoms with Crippen molar-refractivity contribution in [2.45, 2.75) is 32.7 Å². The van der Waals surface area contributed by atoms with Gasteiger partial charge in [-0.2, -0.15) is 0 Å². The first-order chi connectivity index (χ1) is 9.17. The van der Waals surface area contributed by atoms with Crippen LogP contribution in [0.3, 0.4) is 0 Å². The molecule has 106 valence electrons. The lowest BCUT2D eigenvalue weighted by Crippen LogP contribution is -2.41. The number of ether oxygens (including phenoxy) is 1. The lowest BCUT2D eigenvalue weighted by Gasteiger charge is -2.24. The number of rotatable bonds is 7. The Kier molecular flexibility index (Phi) is 6.97. The molecule has 0 aromatic heterocycles. The molecule has 0 saturated heterocycles. The van der Waals surface area contributed by atoms with E-state index >= 15 is 0 Å². The second kappa shape index (κ2) is 8.53. The highest BCUT2D eigenvalue weighted by Gasteiger charge is 2.19. The van der Waals surface area contributed by atoms with Gasteiger partial charge in [0.05, 0.1) is 0 Å². The second-order valence-electron chi connectivity index (χ2n) is 4.75. The Balaban J connectivity index is 2.59. The van der Waals surface area contributed by atoms with E-state index in [0.717, 1.165) is 12.8 Å². The van der Waals surface area contributed by atoms with Crippen LogP contribution in [0.25, 0.3) is 0 Å². The Morgan fingerprint density at radius 1 is 1.37 bits per heavy atom. The highest BCUT2D eigenvalue weighted by molar-refractivity contribution is 5.67. The number of carbonyl (C=O) groups excluding carboxylic acids is 1. The Morgan fingerprint density at radius 2 is 2.05 bits per heavy atom. The molecule has 0 radical (unpaired) electrons. The summed E-state index contributed by atoms with van der Waals surface area (Å²) >= 11 is 0. The molecular formula is C15H24N2O2. The first-order valence-electron chi connectivity index (χ1n) is 6.84. The summed E-state index contributed by atoms with van der Waals surface area (Å²) in [7, 11) is 0. The van der Waals surface area contributed by atoms with E-state index in [1.54, 1.807) is 0 Å². The summed E-state index contributed by atoms with van der Waals surface area (Å²) in [6.07, 6.45) is 1.44. The van der Waals surface area contributed by atoms with E-state index in [1.807, 2.05) is 18.2 Å². The van der Waals surface area contributed by atoms with Crippen molar-refractivity contribution in [1.29, 1.82) is 0 Å². The molecule has 3 N–H and O–H groups in total. The fourth-order valence-corrected chi connectivity index (χ4v) is 1.89. The zero-order valence-electron chi connectivity index (χ0n) is 11.8. The predicted molar refractivity (Wildman–Crippen MR) is 76.9 cm³/mol. The molecule has 0 spiro atoms. The molecule has 0 aliphatic rings. The van der Waals surface area contributed by atoms with E-state index in [9.17, 15) is 4.79 Å². The molecule has 19 heavy (non-hydrogen) atoms. The fraction of sp³-hybridized carbons (Fsp3) is 0.533. The van der Waals surface area contributed by atoms with Crippen molar-refractivity contribution in [2.24, 2.45) is 11.7 Å². The molecule has 0 heterocycles. The molecule has 1 aromatic carbocycles. The van der Waals surface area contributed by atoms with Crippen molar-refractivity contribution in [3.8, 4) is 0 Å². The van der Waals surface area contributed by atoms with Crippen LogP contribution in [0.2, 0.25) is 0 Å². The summed E-state index contributed by atoms with van der Waals surface area (Å²) in [5.74, 6) is 0.394. The predicted octanol–water partition coefficient (Wildman–Crippen LogP) is 2.33. The van der Waals surface area contributed by atoms with Gasteiger partial charge in [0, 0.05) is 12.6 Å².